The monoisotopic (exact) mass is 184 g/mol. The molecule has 2 rings (SSSR count). The van der Waals surface area contributed by atoms with Crippen molar-refractivity contribution in [3.63, 3.8) is 0 Å². The van der Waals surface area contributed by atoms with Gasteiger partial charge in [-0.2, -0.15) is 0 Å². The molecule has 2 aliphatic rings. The van der Waals surface area contributed by atoms with Gasteiger partial charge in [-0.3, -0.25) is 4.79 Å². The van der Waals surface area contributed by atoms with Gasteiger partial charge in [-0.25, -0.2) is 0 Å². The molecule has 0 aromatic rings. The van der Waals surface area contributed by atoms with Crippen LogP contribution in [0.15, 0.2) is 0 Å². The Hall–Kier alpha value is -0.610. The Morgan fingerprint density at radius 2 is 2.15 bits per heavy atom. The van der Waals surface area contributed by atoms with E-state index >= 15 is 0 Å². The van der Waals surface area contributed by atoms with Crippen molar-refractivity contribution in [1.29, 1.82) is 0 Å². The second kappa shape index (κ2) is 3.27. The van der Waals surface area contributed by atoms with Gasteiger partial charge in [0.1, 0.15) is 0 Å². The zero-order chi connectivity index (χ0) is 9.31. The molecule has 1 amide bonds. The van der Waals surface area contributed by atoms with Crippen molar-refractivity contribution in [1.82, 2.24) is 5.32 Å². The lowest BCUT2D eigenvalue weighted by Gasteiger charge is -2.36. The second-order valence-corrected chi connectivity index (χ2v) is 4.06. The lowest BCUT2D eigenvalue weighted by molar-refractivity contribution is -0.126. The number of primary amides is 1. The Balaban J connectivity index is 2.13. The van der Waals surface area contributed by atoms with Gasteiger partial charge in [-0.15, -0.1) is 0 Å². The Labute approximate surface area is 77.8 Å². The fraction of sp³-hybridized carbons (Fsp3) is 0.889. The van der Waals surface area contributed by atoms with Crippen LogP contribution in [0.3, 0.4) is 0 Å². The van der Waals surface area contributed by atoms with Gasteiger partial charge >= 0.3 is 0 Å². The third kappa shape index (κ3) is 1.44. The molecule has 0 aliphatic carbocycles. The molecule has 0 radical (unpaired) electrons. The minimum Gasteiger partial charge on any atom is -0.381 e. The van der Waals surface area contributed by atoms with Crippen LogP contribution in [0.2, 0.25) is 0 Å². The van der Waals surface area contributed by atoms with Gasteiger partial charge < -0.3 is 15.8 Å². The molecule has 2 saturated heterocycles. The Morgan fingerprint density at radius 3 is 2.77 bits per heavy atom. The summed E-state index contributed by atoms with van der Waals surface area (Å²) in [6.45, 7) is 3.20. The van der Waals surface area contributed by atoms with Crippen molar-refractivity contribution in [2.24, 2.45) is 17.1 Å². The molecule has 0 aromatic heterocycles. The molecule has 0 saturated carbocycles. The van der Waals surface area contributed by atoms with Crippen LogP contribution < -0.4 is 11.1 Å². The number of ether oxygens (including phenoxy) is 1. The SMILES string of the molecule is NC(=O)C1CNCC12CCOCC2. The molecular formula is C9H16N2O2. The highest BCUT2D eigenvalue weighted by molar-refractivity contribution is 5.78. The molecule has 74 valence electrons. The summed E-state index contributed by atoms with van der Waals surface area (Å²) in [4.78, 5) is 11.2. The standard InChI is InChI=1S/C9H16N2O2/c10-8(12)7-5-11-6-9(7)1-3-13-4-2-9/h7,11H,1-6H2,(H2,10,12). The summed E-state index contributed by atoms with van der Waals surface area (Å²) < 4.78 is 5.30. The number of nitrogens with one attached hydrogen (secondary N) is 1. The largest absolute Gasteiger partial charge is 0.381 e. The zero-order valence-corrected chi connectivity index (χ0v) is 7.71. The quantitative estimate of drug-likeness (QED) is 0.577. The third-order valence-electron chi connectivity index (χ3n) is 3.40. The van der Waals surface area contributed by atoms with Crippen molar-refractivity contribution in [2.45, 2.75) is 12.8 Å². The third-order valence-corrected chi connectivity index (χ3v) is 3.40. The second-order valence-electron chi connectivity index (χ2n) is 4.06. The lowest BCUT2D eigenvalue weighted by Crippen LogP contribution is -2.42. The first kappa shape index (κ1) is 8.97. The normalized spacial score (nSPS) is 32.2. The minimum atomic E-state index is -0.160. The van der Waals surface area contributed by atoms with E-state index in [1.807, 2.05) is 0 Å². The number of hydrogen-bond donors (Lipinski definition) is 2. The molecule has 1 atom stereocenters. The highest BCUT2D eigenvalue weighted by Gasteiger charge is 2.46. The van der Waals surface area contributed by atoms with E-state index < -0.39 is 0 Å². The van der Waals surface area contributed by atoms with E-state index in [0.29, 0.717) is 0 Å². The summed E-state index contributed by atoms with van der Waals surface area (Å²) in [6.07, 6.45) is 1.93. The highest BCUT2D eigenvalue weighted by Crippen LogP contribution is 2.40. The Bertz CT molecular complexity index is 212. The van der Waals surface area contributed by atoms with Crippen molar-refractivity contribution in [3.05, 3.63) is 0 Å². The molecule has 13 heavy (non-hydrogen) atoms. The lowest BCUT2D eigenvalue weighted by atomic mass is 9.72. The summed E-state index contributed by atoms with van der Waals surface area (Å²) in [6, 6.07) is 0. The summed E-state index contributed by atoms with van der Waals surface area (Å²) >= 11 is 0. The van der Waals surface area contributed by atoms with E-state index in [2.05, 4.69) is 5.32 Å². The summed E-state index contributed by atoms with van der Waals surface area (Å²) in [5, 5.41) is 3.26. The first-order chi connectivity index (χ1) is 6.25. The molecule has 3 N–H and O–H groups in total. The first-order valence-corrected chi connectivity index (χ1v) is 4.82. The maximum absolute atomic E-state index is 11.2. The van der Waals surface area contributed by atoms with Gasteiger partial charge in [-0.05, 0) is 18.3 Å². The van der Waals surface area contributed by atoms with Crippen LogP contribution >= 0.6 is 0 Å². The van der Waals surface area contributed by atoms with E-state index in [1.54, 1.807) is 0 Å². The molecule has 2 fully saturated rings. The smallest absolute Gasteiger partial charge is 0.222 e. The highest BCUT2D eigenvalue weighted by atomic mass is 16.5. The molecule has 0 aromatic carbocycles. The zero-order valence-electron chi connectivity index (χ0n) is 7.71. The van der Waals surface area contributed by atoms with Crippen molar-refractivity contribution in [3.8, 4) is 0 Å². The summed E-state index contributed by atoms with van der Waals surface area (Å²) in [5.74, 6) is -0.150. The van der Waals surface area contributed by atoms with Crippen LogP contribution in [0.25, 0.3) is 0 Å². The summed E-state index contributed by atoms with van der Waals surface area (Å²) in [5.41, 5.74) is 5.48. The first-order valence-electron chi connectivity index (χ1n) is 4.82. The average Bonchev–Trinajstić information content (AvgIpc) is 2.50. The number of hydrogen-bond acceptors (Lipinski definition) is 3. The van der Waals surface area contributed by atoms with E-state index in [9.17, 15) is 4.79 Å². The number of carbonyl (C=O) groups is 1. The van der Waals surface area contributed by atoms with Crippen LogP contribution in [0.4, 0.5) is 0 Å². The molecule has 1 unspecified atom stereocenters. The number of amides is 1. The predicted octanol–water partition coefficient (Wildman–Crippen LogP) is -0.512. The molecule has 4 heteroatoms. The van der Waals surface area contributed by atoms with Crippen LogP contribution in [-0.4, -0.2) is 32.2 Å². The van der Waals surface area contributed by atoms with Crippen LogP contribution in [0, 0.1) is 11.3 Å². The number of rotatable bonds is 1. The fourth-order valence-corrected chi connectivity index (χ4v) is 2.51. The van der Waals surface area contributed by atoms with Crippen molar-refractivity contribution >= 4 is 5.91 Å². The Kier molecular flexibility index (Phi) is 2.26. The molecular weight excluding hydrogens is 168 g/mol. The van der Waals surface area contributed by atoms with E-state index in [4.69, 9.17) is 10.5 Å². The van der Waals surface area contributed by atoms with E-state index in [1.165, 1.54) is 0 Å². The maximum Gasteiger partial charge on any atom is 0.222 e. The summed E-state index contributed by atoms with van der Waals surface area (Å²) in [7, 11) is 0. The van der Waals surface area contributed by atoms with Gasteiger partial charge in [0, 0.05) is 26.3 Å². The Morgan fingerprint density at radius 1 is 1.46 bits per heavy atom. The fourth-order valence-electron chi connectivity index (χ4n) is 2.51. The molecule has 2 heterocycles. The topological polar surface area (TPSA) is 64.4 Å². The molecule has 1 spiro atoms. The van der Waals surface area contributed by atoms with Gasteiger partial charge in [0.15, 0.2) is 0 Å². The van der Waals surface area contributed by atoms with Gasteiger partial charge in [0.25, 0.3) is 0 Å². The van der Waals surface area contributed by atoms with Crippen LogP contribution in [0.1, 0.15) is 12.8 Å². The molecule has 0 bridgehead atoms. The van der Waals surface area contributed by atoms with Gasteiger partial charge in [-0.1, -0.05) is 0 Å². The van der Waals surface area contributed by atoms with Gasteiger partial charge in [0.2, 0.25) is 5.91 Å². The molecule has 2 aliphatic heterocycles. The average molecular weight is 184 g/mol. The predicted molar refractivity (Wildman–Crippen MR) is 48.0 cm³/mol. The van der Waals surface area contributed by atoms with Crippen molar-refractivity contribution in [2.75, 3.05) is 26.3 Å². The number of carbonyl (C=O) groups excluding carboxylic acids is 1. The maximum atomic E-state index is 11.2. The van der Waals surface area contributed by atoms with E-state index in [0.717, 1.165) is 39.1 Å². The van der Waals surface area contributed by atoms with Crippen LogP contribution in [0.5, 0.6) is 0 Å². The van der Waals surface area contributed by atoms with E-state index in [-0.39, 0.29) is 17.2 Å². The minimum absolute atomic E-state index is 0.0106. The van der Waals surface area contributed by atoms with Crippen LogP contribution in [-0.2, 0) is 9.53 Å². The molecule has 4 nitrogen and oxygen atoms in total. The number of nitrogens with two attached hydrogens (primary N) is 1. The van der Waals surface area contributed by atoms with Crippen molar-refractivity contribution < 1.29 is 9.53 Å². The van der Waals surface area contributed by atoms with Gasteiger partial charge in [0.05, 0.1) is 5.92 Å².